The van der Waals surface area contributed by atoms with Gasteiger partial charge in [0.2, 0.25) is 0 Å². The molecular formula is C13H16Cl2N2O2. The number of hydrogen-bond donors (Lipinski definition) is 2. The van der Waals surface area contributed by atoms with Gasteiger partial charge in [-0.1, -0.05) is 23.2 Å². The molecule has 1 saturated heterocycles. The molecule has 1 aromatic rings. The van der Waals surface area contributed by atoms with Gasteiger partial charge in [0, 0.05) is 18.2 Å². The van der Waals surface area contributed by atoms with Crippen molar-refractivity contribution in [2.24, 2.45) is 5.92 Å². The topological polar surface area (TPSA) is 50.4 Å². The van der Waals surface area contributed by atoms with Gasteiger partial charge in [-0.25, -0.2) is 4.79 Å². The van der Waals surface area contributed by atoms with Crippen molar-refractivity contribution in [3.05, 3.63) is 28.2 Å². The second kappa shape index (κ2) is 6.98. The molecule has 0 aromatic heterocycles. The third kappa shape index (κ3) is 4.56. The molecule has 1 amide bonds. The van der Waals surface area contributed by atoms with E-state index in [1.807, 2.05) is 0 Å². The van der Waals surface area contributed by atoms with Gasteiger partial charge in [0.15, 0.2) is 0 Å². The maximum Gasteiger partial charge on any atom is 0.411 e. The fourth-order valence-corrected chi connectivity index (χ4v) is 2.29. The Bertz CT molecular complexity index is 448. The van der Waals surface area contributed by atoms with Crippen molar-refractivity contribution in [3.8, 4) is 0 Å². The zero-order chi connectivity index (χ0) is 13.7. The highest BCUT2D eigenvalue weighted by Crippen LogP contribution is 2.25. The van der Waals surface area contributed by atoms with Gasteiger partial charge >= 0.3 is 6.09 Å². The lowest BCUT2D eigenvalue weighted by Gasteiger charge is -2.22. The molecule has 0 radical (unpaired) electrons. The van der Waals surface area contributed by atoms with Crippen LogP contribution >= 0.6 is 23.2 Å². The van der Waals surface area contributed by atoms with Crippen molar-refractivity contribution < 1.29 is 9.53 Å². The number of hydrogen-bond acceptors (Lipinski definition) is 3. The SMILES string of the molecule is O=C(Nc1ccc(Cl)c(Cl)c1)OCC1CCCNC1. The Labute approximate surface area is 122 Å². The summed E-state index contributed by atoms with van der Waals surface area (Å²) in [6.07, 6.45) is 1.75. The van der Waals surface area contributed by atoms with E-state index in [1.165, 1.54) is 0 Å². The molecule has 1 fully saturated rings. The van der Waals surface area contributed by atoms with Gasteiger partial charge in [0.1, 0.15) is 0 Å². The number of amides is 1. The molecule has 2 N–H and O–H groups in total. The Morgan fingerprint density at radius 1 is 1.42 bits per heavy atom. The molecule has 0 spiro atoms. The minimum atomic E-state index is -0.469. The summed E-state index contributed by atoms with van der Waals surface area (Å²) in [5.74, 6) is 0.397. The summed E-state index contributed by atoms with van der Waals surface area (Å²) >= 11 is 11.7. The molecule has 1 atom stereocenters. The summed E-state index contributed by atoms with van der Waals surface area (Å²) in [6, 6.07) is 4.90. The number of piperidine rings is 1. The lowest BCUT2D eigenvalue weighted by molar-refractivity contribution is 0.132. The monoisotopic (exact) mass is 302 g/mol. The maximum absolute atomic E-state index is 11.6. The van der Waals surface area contributed by atoms with Crippen molar-refractivity contribution in [1.82, 2.24) is 5.32 Å². The molecule has 0 aliphatic carbocycles. The Balaban J connectivity index is 1.78. The van der Waals surface area contributed by atoms with Crippen LogP contribution in [-0.2, 0) is 4.74 Å². The summed E-state index contributed by atoms with van der Waals surface area (Å²) < 4.78 is 5.19. The van der Waals surface area contributed by atoms with Crippen LogP contribution < -0.4 is 10.6 Å². The molecule has 0 bridgehead atoms. The minimum Gasteiger partial charge on any atom is -0.449 e. The maximum atomic E-state index is 11.6. The number of nitrogens with one attached hydrogen (secondary N) is 2. The van der Waals surface area contributed by atoms with Crippen molar-refractivity contribution in [2.45, 2.75) is 12.8 Å². The average molecular weight is 303 g/mol. The minimum absolute atomic E-state index is 0.397. The third-order valence-corrected chi connectivity index (χ3v) is 3.75. The van der Waals surface area contributed by atoms with Crippen LogP contribution in [0.15, 0.2) is 18.2 Å². The zero-order valence-corrected chi connectivity index (χ0v) is 11.9. The van der Waals surface area contributed by atoms with Crippen LogP contribution in [0.5, 0.6) is 0 Å². The van der Waals surface area contributed by atoms with Crippen LogP contribution in [0.3, 0.4) is 0 Å². The van der Waals surface area contributed by atoms with Crippen LogP contribution in [0, 0.1) is 5.92 Å². The van der Waals surface area contributed by atoms with Crippen LogP contribution in [0.1, 0.15) is 12.8 Å². The first kappa shape index (κ1) is 14.4. The van der Waals surface area contributed by atoms with E-state index >= 15 is 0 Å². The normalized spacial score (nSPS) is 18.9. The summed E-state index contributed by atoms with van der Waals surface area (Å²) in [5.41, 5.74) is 0.571. The first-order chi connectivity index (χ1) is 9.15. The number of benzene rings is 1. The summed E-state index contributed by atoms with van der Waals surface area (Å²) in [4.78, 5) is 11.6. The lowest BCUT2D eigenvalue weighted by Crippen LogP contribution is -2.33. The highest BCUT2D eigenvalue weighted by atomic mass is 35.5. The Morgan fingerprint density at radius 2 is 2.26 bits per heavy atom. The van der Waals surface area contributed by atoms with Crippen LogP contribution in [0.25, 0.3) is 0 Å². The van der Waals surface area contributed by atoms with Gasteiger partial charge in [0.25, 0.3) is 0 Å². The van der Waals surface area contributed by atoms with Gasteiger partial charge in [-0.05, 0) is 37.6 Å². The van der Waals surface area contributed by atoms with Gasteiger partial charge in [-0.15, -0.1) is 0 Å². The molecule has 19 heavy (non-hydrogen) atoms. The fraction of sp³-hybridized carbons (Fsp3) is 0.462. The molecule has 4 nitrogen and oxygen atoms in total. The second-order valence-corrected chi connectivity index (χ2v) is 5.38. The first-order valence-corrected chi connectivity index (χ1v) is 7.00. The molecule has 6 heteroatoms. The van der Waals surface area contributed by atoms with Crippen molar-refractivity contribution in [1.29, 1.82) is 0 Å². The quantitative estimate of drug-likeness (QED) is 0.898. The molecular weight excluding hydrogens is 287 g/mol. The van der Waals surface area contributed by atoms with E-state index in [9.17, 15) is 4.79 Å². The number of carbonyl (C=O) groups excluding carboxylic acids is 1. The van der Waals surface area contributed by atoms with Gasteiger partial charge in [0.05, 0.1) is 16.7 Å². The molecule has 0 saturated carbocycles. The van der Waals surface area contributed by atoms with Crippen LogP contribution in [0.4, 0.5) is 10.5 Å². The Morgan fingerprint density at radius 3 is 2.95 bits per heavy atom. The Hall–Kier alpha value is -0.970. The highest BCUT2D eigenvalue weighted by Gasteiger charge is 2.15. The van der Waals surface area contributed by atoms with Crippen molar-refractivity contribution >= 4 is 35.0 Å². The summed E-state index contributed by atoms with van der Waals surface area (Å²) in [6.45, 7) is 2.38. The molecule has 1 aliphatic heterocycles. The third-order valence-electron chi connectivity index (χ3n) is 3.02. The second-order valence-electron chi connectivity index (χ2n) is 4.56. The number of anilines is 1. The van der Waals surface area contributed by atoms with E-state index in [0.29, 0.717) is 28.3 Å². The average Bonchev–Trinajstić information content (AvgIpc) is 2.42. The standard InChI is InChI=1S/C13H16Cl2N2O2/c14-11-4-3-10(6-12(11)15)17-13(18)19-8-9-2-1-5-16-7-9/h3-4,6,9,16H,1-2,5,7-8H2,(H,17,18). The number of rotatable bonds is 3. The first-order valence-electron chi connectivity index (χ1n) is 6.24. The van der Waals surface area contributed by atoms with E-state index in [2.05, 4.69) is 10.6 Å². The zero-order valence-electron chi connectivity index (χ0n) is 10.4. The molecule has 104 valence electrons. The fourth-order valence-electron chi connectivity index (χ4n) is 1.99. The smallest absolute Gasteiger partial charge is 0.411 e. The number of carbonyl (C=O) groups is 1. The van der Waals surface area contributed by atoms with E-state index < -0.39 is 6.09 Å². The van der Waals surface area contributed by atoms with Crippen molar-refractivity contribution in [2.75, 3.05) is 25.0 Å². The molecule has 1 aliphatic rings. The lowest BCUT2D eigenvalue weighted by atomic mass is 10.0. The highest BCUT2D eigenvalue weighted by molar-refractivity contribution is 6.42. The van der Waals surface area contributed by atoms with E-state index in [4.69, 9.17) is 27.9 Å². The summed E-state index contributed by atoms with van der Waals surface area (Å²) in [5, 5.41) is 6.75. The van der Waals surface area contributed by atoms with Gasteiger partial charge in [-0.3, -0.25) is 5.32 Å². The van der Waals surface area contributed by atoms with E-state index in [1.54, 1.807) is 18.2 Å². The number of halogens is 2. The largest absolute Gasteiger partial charge is 0.449 e. The Kier molecular flexibility index (Phi) is 5.31. The van der Waals surface area contributed by atoms with Gasteiger partial charge in [-0.2, -0.15) is 0 Å². The van der Waals surface area contributed by atoms with Crippen molar-refractivity contribution in [3.63, 3.8) is 0 Å². The number of ether oxygens (including phenoxy) is 1. The predicted octanol–water partition coefficient (Wildman–Crippen LogP) is 3.54. The predicted molar refractivity (Wildman–Crippen MR) is 77.0 cm³/mol. The van der Waals surface area contributed by atoms with E-state index in [0.717, 1.165) is 25.9 Å². The molecule has 1 aromatic carbocycles. The van der Waals surface area contributed by atoms with Crippen LogP contribution in [-0.4, -0.2) is 25.8 Å². The van der Waals surface area contributed by atoms with E-state index in [-0.39, 0.29) is 0 Å². The van der Waals surface area contributed by atoms with Crippen LogP contribution in [0.2, 0.25) is 10.0 Å². The van der Waals surface area contributed by atoms with Gasteiger partial charge < -0.3 is 10.1 Å². The summed E-state index contributed by atoms with van der Waals surface area (Å²) in [7, 11) is 0. The molecule has 1 unspecified atom stereocenters. The molecule has 1 heterocycles. The molecule has 2 rings (SSSR count).